The lowest BCUT2D eigenvalue weighted by molar-refractivity contribution is -0.476. The van der Waals surface area contributed by atoms with Gasteiger partial charge >= 0.3 is 0 Å². The van der Waals surface area contributed by atoms with E-state index in [9.17, 15) is 9.59 Å². The Hall–Kier alpha value is -2.17. The molecule has 92 valence electrons. The monoisotopic (exact) mass is 244 g/mol. The number of nitrogens with one attached hydrogen (secondary N) is 2. The van der Waals surface area contributed by atoms with Gasteiger partial charge in [0, 0.05) is 6.92 Å². The summed E-state index contributed by atoms with van der Waals surface area (Å²) in [5, 5.41) is 3.00. The number of amides is 2. The van der Waals surface area contributed by atoms with Crippen LogP contribution in [0.5, 0.6) is 0 Å². The maximum atomic E-state index is 12.2. The molecule has 2 aliphatic rings. The predicted octanol–water partition coefficient (Wildman–Crippen LogP) is -1.29. The molecule has 0 radical (unpaired) electrons. The second kappa shape index (κ2) is 3.66. The van der Waals surface area contributed by atoms with E-state index in [1.807, 2.05) is 32.0 Å². The fourth-order valence-corrected chi connectivity index (χ4v) is 2.49. The summed E-state index contributed by atoms with van der Waals surface area (Å²) in [4.78, 5) is 28.8. The van der Waals surface area contributed by atoms with Gasteiger partial charge in [-0.25, -0.2) is 4.90 Å². The number of carbonyl (C=O) groups excluding carboxylic acids is 2. The Morgan fingerprint density at radius 3 is 2.67 bits per heavy atom. The van der Waals surface area contributed by atoms with Crippen molar-refractivity contribution in [1.82, 2.24) is 5.32 Å². The van der Waals surface area contributed by atoms with Crippen LogP contribution < -0.4 is 15.2 Å². The van der Waals surface area contributed by atoms with Gasteiger partial charge in [0.05, 0.1) is 5.69 Å². The van der Waals surface area contributed by atoms with Crippen LogP contribution in [0.3, 0.4) is 0 Å². The molecule has 18 heavy (non-hydrogen) atoms. The van der Waals surface area contributed by atoms with E-state index in [-0.39, 0.29) is 11.8 Å². The first-order chi connectivity index (χ1) is 8.58. The van der Waals surface area contributed by atoms with Crippen LogP contribution in [0.1, 0.15) is 12.5 Å². The molecular weight excluding hydrogens is 230 g/mol. The van der Waals surface area contributed by atoms with Crippen molar-refractivity contribution in [2.24, 2.45) is 0 Å². The Labute approximate surface area is 105 Å². The first-order valence-electron chi connectivity index (χ1n) is 5.89. The quantitative estimate of drug-likeness (QED) is 0.604. The average molecular weight is 244 g/mol. The second-order valence-corrected chi connectivity index (χ2v) is 4.72. The minimum absolute atomic E-state index is 0.194. The highest BCUT2D eigenvalue weighted by atomic mass is 16.2. The molecule has 2 N–H and O–H groups in total. The van der Waals surface area contributed by atoms with Crippen molar-refractivity contribution in [1.29, 1.82) is 0 Å². The van der Waals surface area contributed by atoms with Crippen molar-refractivity contribution in [2.75, 3.05) is 4.90 Å². The number of rotatable bonds is 1. The molecule has 1 aromatic rings. The van der Waals surface area contributed by atoms with Gasteiger partial charge < -0.3 is 0 Å². The third-order valence-electron chi connectivity index (χ3n) is 3.31. The molecule has 3 rings (SSSR count). The Kier molecular flexibility index (Phi) is 2.23. The summed E-state index contributed by atoms with van der Waals surface area (Å²) in [6.07, 6.45) is 0. The second-order valence-electron chi connectivity index (χ2n) is 4.72. The van der Waals surface area contributed by atoms with Crippen molar-refractivity contribution >= 4 is 23.3 Å². The summed E-state index contributed by atoms with van der Waals surface area (Å²) in [6.45, 7) is 3.75. The molecule has 2 amide bonds. The smallest absolute Gasteiger partial charge is 0.269 e. The van der Waals surface area contributed by atoms with Crippen molar-refractivity contribution in [3.05, 3.63) is 29.8 Å². The molecule has 5 nitrogen and oxygen atoms in total. The minimum Gasteiger partial charge on any atom is -0.269 e. The van der Waals surface area contributed by atoms with Gasteiger partial charge in [0.25, 0.3) is 11.8 Å². The molecule has 1 saturated heterocycles. The van der Waals surface area contributed by atoms with E-state index in [2.05, 4.69) is 10.3 Å². The first kappa shape index (κ1) is 11.0. The average Bonchev–Trinajstić information content (AvgIpc) is 2.79. The molecule has 0 aromatic heterocycles. The number of hydrogen-bond acceptors (Lipinski definition) is 3. The van der Waals surface area contributed by atoms with Gasteiger partial charge in [0.2, 0.25) is 17.9 Å². The van der Waals surface area contributed by atoms with Gasteiger partial charge in [-0.1, -0.05) is 12.1 Å². The number of fused-ring (bicyclic) bond motifs is 1. The summed E-state index contributed by atoms with van der Waals surface area (Å²) < 4.78 is 0. The number of amidine groups is 1. The van der Waals surface area contributed by atoms with Crippen LogP contribution >= 0.6 is 0 Å². The van der Waals surface area contributed by atoms with E-state index in [0.29, 0.717) is 5.69 Å². The summed E-state index contributed by atoms with van der Waals surface area (Å²) in [6, 6.07) is 6.45. The van der Waals surface area contributed by atoms with Crippen LogP contribution in [0.15, 0.2) is 24.3 Å². The molecule has 2 heterocycles. The Morgan fingerprint density at radius 1 is 1.22 bits per heavy atom. The molecule has 1 aromatic carbocycles. The van der Waals surface area contributed by atoms with E-state index >= 15 is 0 Å². The van der Waals surface area contributed by atoms with Crippen LogP contribution in [-0.4, -0.2) is 29.7 Å². The van der Waals surface area contributed by atoms with Gasteiger partial charge in [0.1, 0.15) is 0 Å². The molecule has 0 bridgehead atoms. The zero-order valence-electron chi connectivity index (χ0n) is 10.2. The van der Waals surface area contributed by atoms with E-state index < -0.39 is 12.1 Å². The maximum Gasteiger partial charge on any atom is 0.283 e. The number of imide groups is 1. The van der Waals surface area contributed by atoms with Gasteiger partial charge in [-0.05, 0) is 24.6 Å². The fourth-order valence-electron chi connectivity index (χ4n) is 2.49. The number of carbonyl (C=O) groups is 2. The number of nitrogens with zero attached hydrogens (tertiary/aromatic N) is 1. The molecule has 0 spiro atoms. The van der Waals surface area contributed by atoms with E-state index in [4.69, 9.17) is 0 Å². The number of aryl methyl sites for hydroxylation is 1. The van der Waals surface area contributed by atoms with E-state index in [0.717, 1.165) is 11.4 Å². The molecular formula is C13H14N3O2+. The lowest BCUT2D eigenvalue weighted by atomic mass is 10.2. The van der Waals surface area contributed by atoms with Crippen LogP contribution in [0.2, 0.25) is 0 Å². The number of benzene rings is 1. The molecule has 2 aliphatic heterocycles. The fraction of sp³-hybridized carbons (Fsp3) is 0.308. The molecule has 0 aliphatic carbocycles. The van der Waals surface area contributed by atoms with Crippen LogP contribution in [0, 0.1) is 6.92 Å². The van der Waals surface area contributed by atoms with Crippen LogP contribution in [-0.2, 0) is 9.59 Å². The predicted molar refractivity (Wildman–Crippen MR) is 66.0 cm³/mol. The van der Waals surface area contributed by atoms with Crippen LogP contribution in [0.25, 0.3) is 0 Å². The van der Waals surface area contributed by atoms with E-state index in [1.54, 1.807) is 6.07 Å². The Balaban J connectivity index is 2.00. The number of anilines is 1. The summed E-state index contributed by atoms with van der Waals surface area (Å²) >= 11 is 0. The van der Waals surface area contributed by atoms with Gasteiger partial charge in [-0.3, -0.25) is 19.9 Å². The molecule has 0 unspecified atom stereocenters. The lowest BCUT2D eigenvalue weighted by Gasteiger charge is -2.14. The highest BCUT2D eigenvalue weighted by Gasteiger charge is 2.55. The molecule has 1 fully saturated rings. The maximum absolute atomic E-state index is 12.2. The molecule has 0 saturated carbocycles. The van der Waals surface area contributed by atoms with Gasteiger partial charge in [0.15, 0.2) is 0 Å². The number of hydrogen-bond donors (Lipinski definition) is 2. The van der Waals surface area contributed by atoms with Crippen molar-refractivity contribution in [3.63, 3.8) is 0 Å². The van der Waals surface area contributed by atoms with Crippen molar-refractivity contribution in [2.45, 2.75) is 25.9 Å². The Morgan fingerprint density at radius 2 is 2.00 bits per heavy atom. The SMILES string of the molecule is CC1=[NH+][C@@H]2C(=O)N(c3cccc(C)c3)C(=O)[C@H]2N1. The van der Waals surface area contributed by atoms with Crippen molar-refractivity contribution < 1.29 is 14.6 Å². The zero-order chi connectivity index (χ0) is 12.9. The lowest BCUT2D eigenvalue weighted by Crippen LogP contribution is -2.79. The minimum atomic E-state index is -0.474. The molecule has 5 heteroatoms. The zero-order valence-corrected chi connectivity index (χ0v) is 10.2. The highest BCUT2D eigenvalue weighted by molar-refractivity contribution is 6.25. The van der Waals surface area contributed by atoms with Crippen molar-refractivity contribution in [3.8, 4) is 0 Å². The standard InChI is InChI=1S/C13H13N3O2/c1-7-4-3-5-9(6-7)16-12(17)10-11(13(16)18)15-8(2)14-10/h3-6,10-11H,1-2H3,(H,14,15)/p+1/t10-,11-/m0/s1. The van der Waals surface area contributed by atoms with Crippen LogP contribution in [0.4, 0.5) is 5.69 Å². The van der Waals surface area contributed by atoms with E-state index in [1.165, 1.54) is 4.90 Å². The highest BCUT2D eigenvalue weighted by Crippen LogP contribution is 2.23. The third kappa shape index (κ3) is 1.44. The summed E-state index contributed by atoms with van der Waals surface area (Å²) in [5.74, 6) is 0.385. The normalized spacial score (nSPS) is 26.1. The topological polar surface area (TPSA) is 63.4 Å². The molecule has 2 atom stereocenters. The Bertz CT molecular complexity index is 579. The third-order valence-corrected chi connectivity index (χ3v) is 3.31. The summed E-state index contributed by atoms with van der Waals surface area (Å²) in [7, 11) is 0. The van der Waals surface area contributed by atoms with Gasteiger partial charge in [-0.2, -0.15) is 0 Å². The first-order valence-corrected chi connectivity index (χ1v) is 5.89. The van der Waals surface area contributed by atoms with Gasteiger partial charge in [-0.15, -0.1) is 0 Å². The largest absolute Gasteiger partial charge is 0.283 e. The summed E-state index contributed by atoms with van der Waals surface area (Å²) in [5.41, 5.74) is 1.66.